The molecule has 0 aromatic heterocycles. The molecule has 0 aliphatic heterocycles. The van der Waals surface area contributed by atoms with Gasteiger partial charge >= 0.3 is 0 Å². The fraction of sp³-hybridized carbons (Fsp3) is 0.750. The largest absolute Gasteiger partial charge is 0.350 e. The monoisotopic (exact) mass is 197 g/mol. The Labute approximate surface area is 87.8 Å². The summed E-state index contributed by atoms with van der Waals surface area (Å²) >= 11 is 0. The molecular formula is C12H23NO. The van der Waals surface area contributed by atoms with Crippen LogP contribution in [0, 0.1) is 0 Å². The molecule has 1 atom stereocenters. The lowest BCUT2D eigenvalue weighted by molar-refractivity contribution is -0.118. The van der Waals surface area contributed by atoms with E-state index in [2.05, 4.69) is 18.8 Å². The summed E-state index contributed by atoms with van der Waals surface area (Å²) in [6, 6.07) is 0.274. The first-order valence-corrected chi connectivity index (χ1v) is 5.54. The summed E-state index contributed by atoms with van der Waals surface area (Å²) in [6.07, 6.45) is 6.09. The summed E-state index contributed by atoms with van der Waals surface area (Å²) in [5, 5.41) is 2.92. The third kappa shape index (κ3) is 6.70. The number of rotatable bonds is 7. The molecule has 0 bridgehead atoms. The van der Waals surface area contributed by atoms with E-state index < -0.39 is 0 Å². The third-order valence-corrected chi connectivity index (χ3v) is 2.26. The number of nitrogens with one attached hydrogen (secondary N) is 1. The minimum Gasteiger partial charge on any atom is -0.350 e. The van der Waals surface area contributed by atoms with Crippen molar-refractivity contribution < 1.29 is 4.79 Å². The van der Waals surface area contributed by atoms with Crippen LogP contribution < -0.4 is 5.32 Å². The number of hydrogen-bond donors (Lipinski definition) is 1. The zero-order valence-electron chi connectivity index (χ0n) is 9.73. The Morgan fingerprint density at radius 1 is 1.36 bits per heavy atom. The number of carbonyl (C=O) groups excluding carboxylic acids is 1. The van der Waals surface area contributed by atoms with Gasteiger partial charge in [-0.05, 0) is 20.3 Å². The van der Waals surface area contributed by atoms with Crippen LogP contribution in [0.4, 0.5) is 0 Å². The minimum atomic E-state index is -0.0204. The second-order valence-electron chi connectivity index (χ2n) is 4.00. The van der Waals surface area contributed by atoms with Crippen LogP contribution in [0.15, 0.2) is 12.2 Å². The van der Waals surface area contributed by atoms with E-state index in [4.69, 9.17) is 0 Å². The predicted octanol–water partition coefficient (Wildman–Crippen LogP) is 3.04. The molecule has 0 saturated heterocycles. The Balaban J connectivity index is 3.50. The summed E-state index contributed by atoms with van der Waals surface area (Å²) in [6.45, 7) is 9.59. The van der Waals surface area contributed by atoms with Crippen LogP contribution in [0.2, 0.25) is 0 Å². The van der Waals surface area contributed by atoms with Crippen LogP contribution in [0.3, 0.4) is 0 Å². The molecule has 0 aliphatic carbocycles. The van der Waals surface area contributed by atoms with Crippen molar-refractivity contribution in [2.45, 2.75) is 58.9 Å². The normalized spacial score (nSPS) is 12.2. The molecule has 0 aromatic rings. The SMILES string of the molecule is C=C(C)C(=O)NC(C)CCCCCC. The maximum atomic E-state index is 11.2. The second kappa shape index (κ2) is 7.60. The maximum absolute atomic E-state index is 11.2. The van der Waals surface area contributed by atoms with E-state index in [0.29, 0.717) is 5.57 Å². The standard InChI is InChI=1S/C12H23NO/c1-5-6-7-8-9-11(4)13-12(14)10(2)3/h11H,2,5-9H2,1,3-4H3,(H,13,14). The molecule has 0 heterocycles. The lowest BCUT2D eigenvalue weighted by Gasteiger charge is -2.13. The van der Waals surface area contributed by atoms with Gasteiger partial charge in [-0.15, -0.1) is 0 Å². The first kappa shape index (κ1) is 13.2. The first-order chi connectivity index (χ1) is 6.57. The summed E-state index contributed by atoms with van der Waals surface area (Å²) in [7, 11) is 0. The van der Waals surface area contributed by atoms with Crippen molar-refractivity contribution in [1.82, 2.24) is 5.32 Å². The van der Waals surface area contributed by atoms with E-state index in [-0.39, 0.29) is 11.9 Å². The van der Waals surface area contributed by atoms with Crippen molar-refractivity contribution >= 4 is 5.91 Å². The van der Waals surface area contributed by atoms with E-state index >= 15 is 0 Å². The van der Waals surface area contributed by atoms with Crippen molar-refractivity contribution in [3.63, 3.8) is 0 Å². The molecule has 14 heavy (non-hydrogen) atoms. The van der Waals surface area contributed by atoms with Crippen molar-refractivity contribution in [2.75, 3.05) is 0 Å². The molecule has 0 saturated carbocycles. The molecule has 0 fully saturated rings. The van der Waals surface area contributed by atoms with Gasteiger partial charge in [-0.25, -0.2) is 0 Å². The van der Waals surface area contributed by atoms with Gasteiger partial charge in [0.05, 0.1) is 0 Å². The van der Waals surface area contributed by atoms with Gasteiger partial charge in [0.1, 0.15) is 0 Å². The fourth-order valence-corrected chi connectivity index (χ4v) is 1.30. The number of carbonyl (C=O) groups is 1. The smallest absolute Gasteiger partial charge is 0.246 e. The molecule has 1 N–H and O–H groups in total. The lowest BCUT2D eigenvalue weighted by atomic mass is 10.1. The molecule has 0 aliphatic rings. The molecule has 1 amide bonds. The van der Waals surface area contributed by atoms with Crippen molar-refractivity contribution in [3.8, 4) is 0 Å². The summed E-state index contributed by atoms with van der Waals surface area (Å²) < 4.78 is 0. The van der Waals surface area contributed by atoms with Gasteiger partial charge in [0.2, 0.25) is 5.91 Å². The van der Waals surface area contributed by atoms with Gasteiger partial charge in [-0.1, -0.05) is 39.2 Å². The summed E-state index contributed by atoms with van der Waals surface area (Å²) in [5.41, 5.74) is 0.588. The lowest BCUT2D eigenvalue weighted by Crippen LogP contribution is -2.32. The quantitative estimate of drug-likeness (QED) is 0.493. The number of amides is 1. The van der Waals surface area contributed by atoms with Gasteiger partial charge in [0, 0.05) is 11.6 Å². The van der Waals surface area contributed by atoms with E-state index in [9.17, 15) is 4.79 Å². The van der Waals surface area contributed by atoms with Gasteiger partial charge < -0.3 is 5.32 Å². The first-order valence-electron chi connectivity index (χ1n) is 5.54. The molecule has 0 radical (unpaired) electrons. The van der Waals surface area contributed by atoms with Gasteiger partial charge in [0.25, 0.3) is 0 Å². The maximum Gasteiger partial charge on any atom is 0.246 e. The molecular weight excluding hydrogens is 174 g/mol. The van der Waals surface area contributed by atoms with Crippen LogP contribution in [-0.4, -0.2) is 11.9 Å². The summed E-state index contributed by atoms with van der Waals surface area (Å²) in [5.74, 6) is -0.0204. The van der Waals surface area contributed by atoms with Crippen LogP contribution in [0.1, 0.15) is 52.9 Å². The topological polar surface area (TPSA) is 29.1 Å². The van der Waals surface area contributed by atoms with E-state index in [1.807, 2.05) is 6.92 Å². The van der Waals surface area contributed by atoms with Crippen molar-refractivity contribution in [1.29, 1.82) is 0 Å². The van der Waals surface area contributed by atoms with Gasteiger partial charge in [-0.3, -0.25) is 4.79 Å². The van der Waals surface area contributed by atoms with Gasteiger partial charge in [0.15, 0.2) is 0 Å². The summed E-state index contributed by atoms with van der Waals surface area (Å²) in [4.78, 5) is 11.2. The fourth-order valence-electron chi connectivity index (χ4n) is 1.30. The highest BCUT2D eigenvalue weighted by atomic mass is 16.1. The Kier molecular flexibility index (Phi) is 7.17. The molecule has 0 spiro atoms. The second-order valence-corrected chi connectivity index (χ2v) is 4.00. The van der Waals surface area contributed by atoms with E-state index in [1.54, 1.807) is 6.92 Å². The Morgan fingerprint density at radius 3 is 2.50 bits per heavy atom. The highest BCUT2D eigenvalue weighted by Crippen LogP contribution is 2.05. The van der Waals surface area contributed by atoms with Crippen LogP contribution in [0.5, 0.6) is 0 Å². The molecule has 1 unspecified atom stereocenters. The van der Waals surface area contributed by atoms with Crippen LogP contribution >= 0.6 is 0 Å². The predicted molar refractivity (Wildman–Crippen MR) is 61.2 cm³/mol. The average molecular weight is 197 g/mol. The molecule has 2 nitrogen and oxygen atoms in total. The molecule has 2 heteroatoms. The Hall–Kier alpha value is -0.790. The minimum absolute atomic E-state index is 0.0204. The van der Waals surface area contributed by atoms with Gasteiger partial charge in [-0.2, -0.15) is 0 Å². The van der Waals surface area contributed by atoms with Crippen LogP contribution in [0.25, 0.3) is 0 Å². The van der Waals surface area contributed by atoms with E-state index in [0.717, 1.165) is 6.42 Å². The van der Waals surface area contributed by atoms with Crippen LogP contribution in [-0.2, 0) is 4.79 Å². The third-order valence-electron chi connectivity index (χ3n) is 2.26. The molecule has 82 valence electrons. The number of hydrogen-bond acceptors (Lipinski definition) is 1. The molecule has 0 aromatic carbocycles. The Morgan fingerprint density at radius 2 is 2.00 bits per heavy atom. The van der Waals surface area contributed by atoms with E-state index in [1.165, 1.54) is 25.7 Å². The molecule has 0 rings (SSSR count). The van der Waals surface area contributed by atoms with Crippen molar-refractivity contribution in [2.24, 2.45) is 0 Å². The van der Waals surface area contributed by atoms with Crippen molar-refractivity contribution in [3.05, 3.63) is 12.2 Å². The Bertz CT molecular complexity index is 187. The highest BCUT2D eigenvalue weighted by molar-refractivity contribution is 5.92. The zero-order valence-corrected chi connectivity index (χ0v) is 9.73. The zero-order chi connectivity index (χ0) is 11.0. The average Bonchev–Trinajstić information content (AvgIpc) is 2.12. The highest BCUT2D eigenvalue weighted by Gasteiger charge is 2.06. The number of unbranched alkanes of at least 4 members (excludes halogenated alkanes) is 3.